The van der Waals surface area contributed by atoms with Gasteiger partial charge >= 0.3 is 0 Å². The number of nitrogens with one attached hydrogen (secondary N) is 2. The van der Waals surface area contributed by atoms with Crippen LogP contribution in [0.4, 0.5) is 5.95 Å². The maximum atomic E-state index is 12.9. The van der Waals surface area contributed by atoms with Gasteiger partial charge in [0.15, 0.2) is 0 Å². The molecule has 2 aromatic carbocycles. The maximum absolute atomic E-state index is 12.9. The third-order valence-electron chi connectivity index (χ3n) is 4.64. The molecule has 0 saturated heterocycles. The Bertz CT molecular complexity index is 1240. The van der Waals surface area contributed by atoms with Crippen molar-refractivity contribution in [1.82, 2.24) is 14.7 Å². The second-order valence-electron chi connectivity index (χ2n) is 7.10. The van der Waals surface area contributed by atoms with E-state index in [9.17, 15) is 13.5 Å². The number of hydrogen-bond acceptors (Lipinski definition) is 7. The summed E-state index contributed by atoms with van der Waals surface area (Å²) in [7, 11) is -3.93. The van der Waals surface area contributed by atoms with Crippen molar-refractivity contribution in [3.63, 3.8) is 0 Å². The van der Waals surface area contributed by atoms with Gasteiger partial charge in [-0.3, -0.25) is 0 Å². The largest absolute Gasteiger partial charge is 0.516 e. The van der Waals surface area contributed by atoms with Gasteiger partial charge in [0.2, 0.25) is 16.0 Å². The van der Waals surface area contributed by atoms with Crippen LogP contribution in [0, 0.1) is 0 Å². The molecule has 1 aromatic heterocycles. The molecule has 33 heavy (non-hydrogen) atoms. The van der Waals surface area contributed by atoms with E-state index in [0.717, 1.165) is 6.26 Å². The molecule has 1 heterocycles. The Hall–Kier alpha value is -2.69. The standard InChI is InChI=1S/C22H22Cl2N4O4S/c1-14(9-10-29)26-22-25-12-19(24)21(27-22)15-5-7-18(8-6-15)33(31,32)28-20(13-30)16-3-2-4-17(23)11-16/h2-12,14,20,28-30H,13H2,1H3,(H,25,26,27)/b10-9+/t14?,20-/m0/s1. The second-order valence-corrected chi connectivity index (χ2v) is 9.66. The van der Waals surface area contributed by atoms with Crippen molar-refractivity contribution < 1.29 is 18.6 Å². The Morgan fingerprint density at radius 2 is 1.88 bits per heavy atom. The highest BCUT2D eigenvalue weighted by Crippen LogP contribution is 2.28. The van der Waals surface area contributed by atoms with Gasteiger partial charge in [0, 0.05) is 16.6 Å². The van der Waals surface area contributed by atoms with Gasteiger partial charge in [0.05, 0.1) is 40.7 Å². The van der Waals surface area contributed by atoms with Crippen molar-refractivity contribution in [2.75, 3.05) is 11.9 Å². The number of sulfonamides is 1. The van der Waals surface area contributed by atoms with Crippen molar-refractivity contribution in [3.8, 4) is 11.3 Å². The van der Waals surface area contributed by atoms with E-state index in [1.807, 2.05) is 0 Å². The van der Waals surface area contributed by atoms with E-state index in [2.05, 4.69) is 20.0 Å². The molecule has 0 fully saturated rings. The summed E-state index contributed by atoms with van der Waals surface area (Å²) in [6.45, 7) is 1.37. The Balaban J connectivity index is 1.83. The third-order valence-corrected chi connectivity index (χ3v) is 6.64. The first kappa shape index (κ1) is 24.9. The minimum Gasteiger partial charge on any atom is -0.516 e. The summed E-state index contributed by atoms with van der Waals surface area (Å²) in [5.74, 6) is 0.297. The molecular formula is C22H22Cl2N4O4S. The average molecular weight is 509 g/mol. The minimum atomic E-state index is -3.93. The Morgan fingerprint density at radius 1 is 1.15 bits per heavy atom. The number of rotatable bonds is 9. The number of aliphatic hydroxyl groups is 2. The van der Waals surface area contributed by atoms with Crippen LogP contribution >= 0.6 is 23.2 Å². The minimum absolute atomic E-state index is 0.0111. The van der Waals surface area contributed by atoms with Crippen LogP contribution in [-0.4, -0.2) is 41.2 Å². The molecule has 1 unspecified atom stereocenters. The van der Waals surface area contributed by atoms with Crippen LogP contribution in [0.25, 0.3) is 11.3 Å². The van der Waals surface area contributed by atoms with E-state index in [1.54, 1.807) is 43.3 Å². The lowest BCUT2D eigenvalue weighted by molar-refractivity contribution is 0.259. The van der Waals surface area contributed by atoms with E-state index in [1.165, 1.54) is 24.4 Å². The number of aliphatic hydroxyl groups excluding tert-OH is 2. The summed E-state index contributed by atoms with van der Waals surface area (Å²) in [6.07, 6.45) is 3.88. The van der Waals surface area contributed by atoms with Crippen LogP contribution in [0.2, 0.25) is 10.0 Å². The van der Waals surface area contributed by atoms with E-state index >= 15 is 0 Å². The van der Waals surface area contributed by atoms with Gasteiger partial charge in [0.25, 0.3) is 0 Å². The fourth-order valence-electron chi connectivity index (χ4n) is 3.00. The number of nitrogens with zero attached hydrogens (tertiary/aromatic N) is 2. The summed E-state index contributed by atoms with van der Waals surface area (Å²) in [5.41, 5.74) is 1.55. The summed E-state index contributed by atoms with van der Waals surface area (Å²) in [5, 5.41) is 22.3. The molecule has 0 radical (unpaired) electrons. The van der Waals surface area contributed by atoms with Crippen molar-refractivity contribution in [2.45, 2.75) is 23.9 Å². The van der Waals surface area contributed by atoms with Crippen molar-refractivity contribution in [1.29, 1.82) is 0 Å². The SMILES string of the molecule is CC(/C=C/O)Nc1ncc(Cl)c(-c2ccc(S(=O)(=O)N[C@@H](CO)c3cccc(Cl)c3)cc2)n1. The van der Waals surface area contributed by atoms with E-state index in [0.29, 0.717) is 32.8 Å². The molecule has 3 rings (SSSR count). The van der Waals surface area contributed by atoms with Gasteiger partial charge in [-0.2, -0.15) is 0 Å². The molecule has 174 valence electrons. The molecule has 0 amide bonds. The molecule has 0 bridgehead atoms. The van der Waals surface area contributed by atoms with Gasteiger partial charge in [0.1, 0.15) is 0 Å². The molecule has 11 heteroatoms. The first-order chi connectivity index (χ1) is 15.7. The summed E-state index contributed by atoms with van der Waals surface area (Å²) in [4.78, 5) is 8.51. The fraction of sp³-hybridized carbons (Fsp3) is 0.182. The van der Waals surface area contributed by atoms with Gasteiger partial charge in [-0.05, 0) is 42.8 Å². The van der Waals surface area contributed by atoms with E-state index in [-0.39, 0.29) is 10.9 Å². The second kappa shape index (κ2) is 11.0. The zero-order valence-electron chi connectivity index (χ0n) is 17.5. The summed E-state index contributed by atoms with van der Waals surface area (Å²) >= 11 is 12.2. The Morgan fingerprint density at radius 3 is 2.52 bits per heavy atom. The number of halogens is 2. The van der Waals surface area contributed by atoms with E-state index < -0.39 is 22.7 Å². The highest BCUT2D eigenvalue weighted by molar-refractivity contribution is 7.89. The molecular weight excluding hydrogens is 487 g/mol. The monoisotopic (exact) mass is 508 g/mol. The van der Waals surface area contributed by atoms with Gasteiger partial charge in [-0.25, -0.2) is 23.1 Å². The van der Waals surface area contributed by atoms with Crippen molar-refractivity contribution in [3.05, 3.63) is 82.7 Å². The quantitative estimate of drug-likeness (QED) is 0.317. The maximum Gasteiger partial charge on any atom is 0.241 e. The zero-order chi connectivity index (χ0) is 24.0. The van der Waals surface area contributed by atoms with Crippen LogP contribution in [0.1, 0.15) is 18.5 Å². The lowest BCUT2D eigenvalue weighted by atomic mass is 10.1. The number of benzene rings is 2. The van der Waals surface area contributed by atoms with Crippen molar-refractivity contribution in [2.24, 2.45) is 0 Å². The first-order valence-electron chi connectivity index (χ1n) is 9.82. The molecule has 3 aromatic rings. The number of aromatic nitrogens is 2. The lowest BCUT2D eigenvalue weighted by Crippen LogP contribution is -2.30. The molecule has 0 saturated carbocycles. The summed E-state index contributed by atoms with van der Waals surface area (Å²) < 4.78 is 28.2. The predicted octanol–water partition coefficient (Wildman–Crippen LogP) is 4.33. The third kappa shape index (κ3) is 6.43. The molecule has 4 N–H and O–H groups in total. The fourth-order valence-corrected chi connectivity index (χ4v) is 4.62. The van der Waals surface area contributed by atoms with Gasteiger partial charge in [-0.1, -0.05) is 47.5 Å². The molecule has 0 aliphatic rings. The van der Waals surface area contributed by atoms with E-state index in [4.69, 9.17) is 28.3 Å². The topological polar surface area (TPSA) is 124 Å². The van der Waals surface area contributed by atoms with Crippen LogP contribution in [-0.2, 0) is 10.0 Å². The Labute approximate surface area is 202 Å². The molecule has 0 aliphatic heterocycles. The van der Waals surface area contributed by atoms with Crippen LogP contribution in [0.5, 0.6) is 0 Å². The van der Waals surface area contributed by atoms with Crippen LogP contribution < -0.4 is 10.0 Å². The zero-order valence-corrected chi connectivity index (χ0v) is 19.8. The highest BCUT2D eigenvalue weighted by Gasteiger charge is 2.21. The van der Waals surface area contributed by atoms with Crippen molar-refractivity contribution >= 4 is 39.2 Å². The normalized spacial score (nSPS) is 13.7. The predicted molar refractivity (Wildman–Crippen MR) is 129 cm³/mol. The molecule has 8 nitrogen and oxygen atoms in total. The molecule has 2 atom stereocenters. The van der Waals surface area contributed by atoms with Crippen LogP contribution in [0.3, 0.4) is 0 Å². The number of hydrogen-bond donors (Lipinski definition) is 4. The van der Waals surface area contributed by atoms with Gasteiger partial charge < -0.3 is 15.5 Å². The molecule has 0 aliphatic carbocycles. The smallest absolute Gasteiger partial charge is 0.241 e. The average Bonchev–Trinajstić information content (AvgIpc) is 2.79. The first-order valence-corrected chi connectivity index (χ1v) is 12.1. The number of anilines is 1. The van der Waals surface area contributed by atoms with Crippen LogP contribution in [0.15, 0.2) is 72.0 Å². The summed E-state index contributed by atoms with van der Waals surface area (Å²) in [6, 6.07) is 11.5. The highest BCUT2D eigenvalue weighted by atomic mass is 35.5. The molecule has 0 spiro atoms. The Kier molecular flexibility index (Phi) is 8.28. The lowest BCUT2D eigenvalue weighted by Gasteiger charge is -2.17. The van der Waals surface area contributed by atoms with Gasteiger partial charge in [-0.15, -0.1) is 0 Å².